The van der Waals surface area contributed by atoms with Gasteiger partial charge >= 0.3 is 6.01 Å². The lowest BCUT2D eigenvalue weighted by Crippen LogP contribution is -2.15. The maximum Gasteiger partial charge on any atom is 0.323 e. The third-order valence-corrected chi connectivity index (χ3v) is 2.37. The molecule has 0 bridgehead atoms. The minimum atomic E-state index is 0.120. The van der Waals surface area contributed by atoms with Gasteiger partial charge in [0.15, 0.2) is 0 Å². The van der Waals surface area contributed by atoms with Crippen molar-refractivity contribution in [3.63, 3.8) is 0 Å². The minimum absolute atomic E-state index is 0.120. The topological polar surface area (TPSA) is 117 Å². The zero-order chi connectivity index (χ0) is 13.8. The summed E-state index contributed by atoms with van der Waals surface area (Å²) in [6, 6.07) is 5.43. The largest absolute Gasteiger partial charge is 0.466 e. The zero-order valence-corrected chi connectivity index (χ0v) is 10.3. The van der Waals surface area contributed by atoms with Gasteiger partial charge in [-0.2, -0.15) is 20.1 Å². The summed E-state index contributed by atoms with van der Waals surface area (Å²) in [6.45, 7) is 0.208. The van der Waals surface area contributed by atoms with Crippen molar-refractivity contribution in [1.82, 2.24) is 24.7 Å². The Kier molecular flexibility index (Phi) is 3.25. The number of nitrogens with zero attached hydrogens (tertiary/aromatic N) is 5. The third kappa shape index (κ3) is 2.57. The highest BCUT2D eigenvalue weighted by Crippen LogP contribution is 2.12. The van der Waals surface area contributed by atoms with Crippen molar-refractivity contribution in [1.29, 1.82) is 0 Å². The number of anilines is 1. The molecule has 9 heteroatoms. The van der Waals surface area contributed by atoms with Crippen LogP contribution in [0.3, 0.4) is 0 Å². The summed E-state index contributed by atoms with van der Waals surface area (Å²) in [5, 5.41) is 4.03. The molecule has 0 saturated carbocycles. The number of nitrogens with two attached hydrogens (primary N) is 1. The molecule has 20 heavy (non-hydrogen) atoms. The van der Waals surface area contributed by atoms with Gasteiger partial charge in [0.1, 0.15) is 12.4 Å². The van der Waals surface area contributed by atoms with Crippen LogP contribution in [0, 0.1) is 0 Å². The van der Waals surface area contributed by atoms with Crippen LogP contribution in [0.15, 0.2) is 41.3 Å². The molecule has 3 heterocycles. The van der Waals surface area contributed by atoms with E-state index in [1.54, 1.807) is 36.9 Å². The molecule has 3 N–H and O–H groups in total. The first-order valence-corrected chi connectivity index (χ1v) is 5.73. The molecule has 0 saturated heterocycles. The first kappa shape index (κ1) is 12.1. The van der Waals surface area contributed by atoms with Gasteiger partial charge in [0, 0.05) is 12.4 Å². The average molecular weight is 273 g/mol. The van der Waals surface area contributed by atoms with Crippen LogP contribution in [0.5, 0.6) is 6.01 Å². The van der Waals surface area contributed by atoms with Crippen LogP contribution in [0.25, 0.3) is 5.95 Å². The molecule has 0 aliphatic carbocycles. The second-order valence-corrected chi connectivity index (χ2v) is 3.70. The van der Waals surface area contributed by atoms with Gasteiger partial charge in [-0.15, -0.1) is 0 Å². The standard InChI is InChI=1S/C11H11N7O2/c12-17-9-14-10(18-5-2-4-13-18)16-11(15-9)20-7-8-3-1-6-19-8/h1-6H,7,12H2,(H,14,15,16,17). The van der Waals surface area contributed by atoms with Gasteiger partial charge in [-0.1, -0.05) is 0 Å². The van der Waals surface area contributed by atoms with Crippen molar-refractivity contribution in [3.8, 4) is 12.0 Å². The highest BCUT2D eigenvalue weighted by molar-refractivity contribution is 5.28. The van der Waals surface area contributed by atoms with E-state index in [0.717, 1.165) is 0 Å². The second kappa shape index (κ2) is 5.36. The number of hydrogen-bond donors (Lipinski definition) is 2. The Labute approximate surface area is 113 Å². The highest BCUT2D eigenvalue weighted by Gasteiger charge is 2.09. The van der Waals surface area contributed by atoms with E-state index in [4.69, 9.17) is 15.0 Å². The monoisotopic (exact) mass is 273 g/mol. The highest BCUT2D eigenvalue weighted by atomic mass is 16.5. The van der Waals surface area contributed by atoms with E-state index in [2.05, 4.69) is 25.5 Å². The molecule has 0 aromatic carbocycles. The Hall–Kier alpha value is -2.94. The predicted molar refractivity (Wildman–Crippen MR) is 67.8 cm³/mol. The Morgan fingerprint density at radius 2 is 2.25 bits per heavy atom. The van der Waals surface area contributed by atoms with E-state index >= 15 is 0 Å². The molecule has 102 valence electrons. The molecule has 0 fully saturated rings. The minimum Gasteiger partial charge on any atom is -0.466 e. The lowest BCUT2D eigenvalue weighted by Gasteiger charge is -2.06. The molecule has 0 amide bonds. The summed E-state index contributed by atoms with van der Waals surface area (Å²) in [5.41, 5.74) is 2.36. The fraction of sp³-hybridized carbons (Fsp3) is 0.0909. The first-order chi connectivity index (χ1) is 9.85. The van der Waals surface area contributed by atoms with Gasteiger partial charge in [-0.25, -0.2) is 10.5 Å². The number of furan rings is 1. The van der Waals surface area contributed by atoms with Gasteiger partial charge in [0.2, 0.25) is 5.95 Å². The molecule has 0 atom stereocenters. The molecular formula is C11H11N7O2. The fourth-order valence-electron chi connectivity index (χ4n) is 1.49. The van der Waals surface area contributed by atoms with Crippen LogP contribution in [0.2, 0.25) is 0 Å². The quantitative estimate of drug-likeness (QED) is 0.510. The van der Waals surface area contributed by atoms with Gasteiger partial charge in [-0.3, -0.25) is 5.43 Å². The van der Waals surface area contributed by atoms with Crippen molar-refractivity contribution in [2.24, 2.45) is 5.84 Å². The first-order valence-electron chi connectivity index (χ1n) is 5.73. The van der Waals surface area contributed by atoms with E-state index in [1.807, 2.05) is 0 Å². The number of nitrogen functional groups attached to an aromatic ring is 1. The number of hydrogen-bond acceptors (Lipinski definition) is 8. The van der Waals surface area contributed by atoms with E-state index in [-0.39, 0.29) is 18.6 Å². The van der Waals surface area contributed by atoms with Crippen LogP contribution in [0.1, 0.15) is 5.76 Å². The third-order valence-electron chi connectivity index (χ3n) is 2.37. The van der Waals surface area contributed by atoms with E-state index in [9.17, 15) is 0 Å². The molecule has 0 unspecified atom stereocenters. The smallest absolute Gasteiger partial charge is 0.323 e. The van der Waals surface area contributed by atoms with E-state index in [0.29, 0.717) is 11.7 Å². The molecule has 3 aromatic heterocycles. The van der Waals surface area contributed by atoms with Crippen molar-refractivity contribution in [2.45, 2.75) is 6.61 Å². The number of hydrazine groups is 1. The lowest BCUT2D eigenvalue weighted by atomic mass is 10.5. The van der Waals surface area contributed by atoms with Crippen LogP contribution < -0.4 is 16.0 Å². The van der Waals surface area contributed by atoms with Crippen molar-refractivity contribution in [3.05, 3.63) is 42.6 Å². The van der Waals surface area contributed by atoms with E-state index < -0.39 is 0 Å². The maximum atomic E-state index is 5.44. The van der Waals surface area contributed by atoms with Gasteiger partial charge < -0.3 is 9.15 Å². The number of ether oxygens (including phenoxy) is 1. The lowest BCUT2D eigenvalue weighted by molar-refractivity contribution is 0.249. The summed E-state index contributed by atoms with van der Waals surface area (Å²) in [7, 11) is 0. The Balaban J connectivity index is 1.84. The summed E-state index contributed by atoms with van der Waals surface area (Å²) in [5.74, 6) is 6.46. The summed E-state index contributed by atoms with van der Waals surface area (Å²) >= 11 is 0. The van der Waals surface area contributed by atoms with Gasteiger partial charge in [0.25, 0.3) is 5.95 Å². The average Bonchev–Trinajstić information content (AvgIpc) is 3.17. The fourth-order valence-corrected chi connectivity index (χ4v) is 1.49. The second-order valence-electron chi connectivity index (χ2n) is 3.70. The molecule has 3 rings (SSSR count). The zero-order valence-electron chi connectivity index (χ0n) is 10.3. The summed E-state index contributed by atoms with van der Waals surface area (Å²) in [4.78, 5) is 12.2. The van der Waals surface area contributed by atoms with E-state index in [1.165, 1.54) is 4.68 Å². The predicted octanol–water partition coefficient (Wildman–Crippen LogP) is 0.515. The van der Waals surface area contributed by atoms with Crippen LogP contribution in [-0.2, 0) is 6.61 Å². The molecular weight excluding hydrogens is 262 g/mol. The number of rotatable bonds is 5. The molecule has 0 aliphatic heterocycles. The van der Waals surface area contributed by atoms with Crippen LogP contribution in [0.4, 0.5) is 5.95 Å². The Morgan fingerprint density at radius 1 is 1.30 bits per heavy atom. The van der Waals surface area contributed by atoms with Crippen LogP contribution >= 0.6 is 0 Å². The van der Waals surface area contributed by atoms with Crippen molar-refractivity contribution in [2.75, 3.05) is 5.43 Å². The molecule has 9 nitrogen and oxygen atoms in total. The molecule has 3 aromatic rings. The molecule has 0 aliphatic rings. The summed E-state index contributed by atoms with van der Waals surface area (Å²) < 4.78 is 12.1. The van der Waals surface area contributed by atoms with Gasteiger partial charge in [0.05, 0.1) is 6.26 Å². The Morgan fingerprint density at radius 3 is 2.95 bits per heavy atom. The Bertz CT molecular complexity index is 666. The number of nitrogens with one attached hydrogen (secondary N) is 1. The maximum absolute atomic E-state index is 5.44. The summed E-state index contributed by atoms with van der Waals surface area (Å²) in [6.07, 6.45) is 4.88. The SMILES string of the molecule is NNc1nc(OCc2ccco2)nc(-n2cccn2)n1. The van der Waals surface area contributed by atoms with Crippen molar-refractivity contribution >= 4 is 5.95 Å². The van der Waals surface area contributed by atoms with Crippen LogP contribution in [-0.4, -0.2) is 24.7 Å². The van der Waals surface area contributed by atoms with Crippen molar-refractivity contribution < 1.29 is 9.15 Å². The number of aromatic nitrogens is 5. The van der Waals surface area contributed by atoms with Gasteiger partial charge in [-0.05, 0) is 18.2 Å². The normalized spacial score (nSPS) is 10.4. The molecule has 0 spiro atoms. The molecule has 0 radical (unpaired) electrons.